The Kier molecular flexibility index (Phi) is 3.55. The molecule has 0 atom stereocenters. The van der Waals surface area contributed by atoms with Crippen molar-refractivity contribution in [3.8, 4) is 5.75 Å². The van der Waals surface area contributed by atoms with Crippen LogP contribution in [-0.2, 0) is 4.79 Å². The third kappa shape index (κ3) is 2.63. The van der Waals surface area contributed by atoms with Crippen molar-refractivity contribution in [3.63, 3.8) is 0 Å². The van der Waals surface area contributed by atoms with E-state index in [2.05, 4.69) is 4.99 Å². The van der Waals surface area contributed by atoms with Crippen LogP contribution in [-0.4, -0.2) is 11.5 Å². The minimum atomic E-state index is -0.413. The SMILES string of the molecule is CC1=CC(=O)C=CC1=Nc1cc(Cl)c([O-])c(Cl)c1. The molecule has 0 amide bonds. The van der Waals surface area contributed by atoms with Crippen LogP contribution in [0, 0.1) is 0 Å². The maximum Gasteiger partial charge on any atom is 0.179 e. The van der Waals surface area contributed by atoms with Crippen molar-refractivity contribution in [3.05, 3.63) is 46.0 Å². The molecule has 0 radical (unpaired) electrons. The number of ketones is 1. The molecule has 1 aromatic rings. The average Bonchev–Trinajstić information content (AvgIpc) is 2.29. The lowest BCUT2D eigenvalue weighted by Gasteiger charge is -2.12. The molecule has 18 heavy (non-hydrogen) atoms. The Labute approximate surface area is 114 Å². The van der Waals surface area contributed by atoms with Crippen molar-refractivity contribution in [2.24, 2.45) is 4.99 Å². The molecule has 0 heterocycles. The summed E-state index contributed by atoms with van der Waals surface area (Å²) in [4.78, 5) is 15.4. The zero-order chi connectivity index (χ0) is 13.3. The normalized spacial score (nSPS) is 17.2. The molecular formula is C13H8Cl2NO2-. The maximum absolute atomic E-state index is 11.3. The summed E-state index contributed by atoms with van der Waals surface area (Å²) in [7, 11) is 0. The molecule has 0 bridgehead atoms. The molecular weight excluding hydrogens is 273 g/mol. The lowest BCUT2D eigenvalue weighted by atomic mass is 10.0. The molecule has 0 spiro atoms. The fraction of sp³-hybridized carbons (Fsp3) is 0.0769. The molecule has 0 saturated heterocycles. The van der Waals surface area contributed by atoms with Crippen molar-refractivity contribution in [1.29, 1.82) is 0 Å². The second-order valence-corrected chi connectivity index (χ2v) is 4.61. The lowest BCUT2D eigenvalue weighted by Crippen LogP contribution is -2.05. The number of nitrogens with zero attached hydrogens (tertiary/aromatic N) is 1. The first-order valence-electron chi connectivity index (χ1n) is 5.13. The van der Waals surface area contributed by atoms with Gasteiger partial charge in [-0.1, -0.05) is 29.0 Å². The third-order valence-electron chi connectivity index (χ3n) is 2.40. The second-order valence-electron chi connectivity index (χ2n) is 3.80. The molecule has 1 aliphatic carbocycles. The maximum atomic E-state index is 11.3. The van der Waals surface area contributed by atoms with E-state index < -0.39 is 5.75 Å². The van der Waals surface area contributed by atoms with Crippen LogP contribution >= 0.6 is 23.2 Å². The molecule has 0 aliphatic heterocycles. The van der Waals surface area contributed by atoms with E-state index in [0.29, 0.717) is 11.4 Å². The van der Waals surface area contributed by atoms with Crippen LogP contribution in [0.1, 0.15) is 6.92 Å². The van der Waals surface area contributed by atoms with Crippen LogP contribution in [0.2, 0.25) is 10.0 Å². The minimum absolute atomic E-state index is 0.0272. The summed E-state index contributed by atoms with van der Waals surface area (Å²) in [5, 5.41) is 11.4. The number of hydrogen-bond donors (Lipinski definition) is 0. The quantitative estimate of drug-likeness (QED) is 0.742. The molecule has 0 saturated carbocycles. The highest BCUT2D eigenvalue weighted by atomic mass is 35.5. The van der Waals surface area contributed by atoms with E-state index >= 15 is 0 Å². The van der Waals surface area contributed by atoms with Gasteiger partial charge in [-0.3, -0.25) is 4.79 Å². The Balaban J connectivity index is 2.43. The monoisotopic (exact) mass is 280 g/mol. The van der Waals surface area contributed by atoms with Gasteiger partial charge in [-0.05, 0) is 42.9 Å². The van der Waals surface area contributed by atoms with Gasteiger partial charge in [0.1, 0.15) is 0 Å². The molecule has 0 aromatic heterocycles. The van der Waals surface area contributed by atoms with Gasteiger partial charge in [0, 0.05) is 10.0 Å². The molecule has 5 heteroatoms. The number of halogens is 2. The molecule has 1 aliphatic rings. The first-order valence-corrected chi connectivity index (χ1v) is 5.88. The average molecular weight is 281 g/mol. The van der Waals surface area contributed by atoms with Crippen molar-refractivity contribution in [2.75, 3.05) is 0 Å². The summed E-state index contributed by atoms with van der Waals surface area (Å²) in [6, 6.07) is 2.89. The van der Waals surface area contributed by atoms with Crippen LogP contribution in [0.5, 0.6) is 5.75 Å². The number of allylic oxidation sites excluding steroid dienone is 4. The molecule has 0 fully saturated rings. The topological polar surface area (TPSA) is 52.5 Å². The third-order valence-corrected chi connectivity index (χ3v) is 2.96. The van der Waals surface area contributed by atoms with Gasteiger partial charge in [-0.2, -0.15) is 0 Å². The highest BCUT2D eigenvalue weighted by Gasteiger charge is 2.08. The summed E-state index contributed by atoms with van der Waals surface area (Å²) in [5.41, 5.74) is 1.87. The number of rotatable bonds is 1. The van der Waals surface area contributed by atoms with E-state index in [9.17, 15) is 9.90 Å². The molecule has 3 nitrogen and oxygen atoms in total. The van der Waals surface area contributed by atoms with Gasteiger partial charge in [0.25, 0.3) is 0 Å². The van der Waals surface area contributed by atoms with Gasteiger partial charge in [-0.25, -0.2) is 4.99 Å². The number of aliphatic imine (C=N–C) groups is 1. The lowest BCUT2D eigenvalue weighted by molar-refractivity contribution is -0.268. The van der Waals surface area contributed by atoms with Crippen molar-refractivity contribution < 1.29 is 9.90 Å². The molecule has 1 aromatic carbocycles. The number of benzene rings is 1. The van der Waals surface area contributed by atoms with E-state index in [1.165, 1.54) is 24.3 Å². The van der Waals surface area contributed by atoms with Crippen molar-refractivity contribution in [2.45, 2.75) is 6.92 Å². The van der Waals surface area contributed by atoms with Gasteiger partial charge in [-0.15, -0.1) is 0 Å². The summed E-state index contributed by atoms with van der Waals surface area (Å²) in [6.45, 7) is 1.78. The minimum Gasteiger partial charge on any atom is -0.870 e. The molecule has 92 valence electrons. The highest BCUT2D eigenvalue weighted by molar-refractivity contribution is 6.37. The van der Waals surface area contributed by atoms with E-state index in [-0.39, 0.29) is 15.8 Å². The van der Waals surface area contributed by atoms with E-state index in [4.69, 9.17) is 23.2 Å². The van der Waals surface area contributed by atoms with Crippen molar-refractivity contribution >= 4 is 40.4 Å². The second kappa shape index (κ2) is 4.96. The zero-order valence-corrected chi connectivity index (χ0v) is 10.9. The molecule has 0 unspecified atom stereocenters. The Morgan fingerprint density at radius 2 is 1.78 bits per heavy atom. The summed E-state index contributed by atoms with van der Waals surface area (Å²) < 4.78 is 0. The van der Waals surface area contributed by atoms with Crippen LogP contribution in [0.4, 0.5) is 5.69 Å². The van der Waals surface area contributed by atoms with Crippen LogP contribution in [0.3, 0.4) is 0 Å². The fourth-order valence-corrected chi connectivity index (χ4v) is 1.98. The standard InChI is InChI=1S/C13H9Cl2NO2/c1-7-4-9(17)2-3-12(7)16-8-5-10(14)13(18)11(15)6-8/h2-6,18H,1H3/p-1. The van der Waals surface area contributed by atoms with Crippen LogP contribution in [0.15, 0.2) is 40.9 Å². The van der Waals surface area contributed by atoms with E-state index in [0.717, 1.165) is 5.57 Å². The van der Waals surface area contributed by atoms with Gasteiger partial charge in [0.05, 0.1) is 11.4 Å². The zero-order valence-electron chi connectivity index (χ0n) is 9.41. The van der Waals surface area contributed by atoms with Crippen LogP contribution in [0.25, 0.3) is 0 Å². The molecule has 2 rings (SSSR count). The Hall–Kier alpha value is -1.58. The van der Waals surface area contributed by atoms with Crippen LogP contribution < -0.4 is 5.11 Å². The Morgan fingerprint density at radius 1 is 1.17 bits per heavy atom. The predicted octanol–water partition coefficient (Wildman–Crippen LogP) is 3.22. The number of carbonyl (C=O) groups is 1. The van der Waals surface area contributed by atoms with E-state index in [1.807, 2.05) is 0 Å². The molecule has 0 N–H and O–H groups in total. The fourth-order valence-electron chi connectivity index (χ4n) is 1.50. The Morgan fingerprint density at radius 3 is 2.33 bits per heavy atom. The predicted molar refractivity (Wildman–Crippen MR) is 70.9 cm³/mol. The van der Waals surface area contributed by atoms with Gasteiger partial charge >= 0.3 is 0 Å². The Bertz CT molecular complexity index is 592. The first kappa shape index (κ1) is 12.9. The van der Waals surface area contributed by atoms with Gasteiger partial charge < -0.3 is 5.11 Å². The van der Waals surface area contributed by atoms with Crippen molar-refractivity contribution in [1.82, 2.24) is 0 Å². The largest absolute Gasteiger partial charge is 0.870 e. The number of carbonyl (C=O) groups excluding carboxylic acids is 1. The van der Waals surface area contributed by atoms with E-state index in [1.54, 1.807) is 13.0 Å². The summed E-state index contributed by atoms with van der Waals surface area (Å²) in [5.74, 6) is -0.485. The number of hydrogen-bond acceptors (Lipinski definition) is 3. The summed E-state index contributed by atoms with van der Waals surface area (Å²) >= 11 is 11.5. The van der Waals surface area contributed by atoms with Gasteiger partial charge in [0.15, 0.2) is 5.78 Å². The first-order chi connectivity index (χ1) is 8.47. The van der Waals surface area contributed by atoms with Gasteiger partial charge in [0.2, 0.25) is 0 Å². The summed E-state index contributed by atoms with van der Waals surface area (Å²) in [6.07, 6.45) is 4.53. The highest BCUT2D eigenvalue weighted by Crippen LogP contribution is 2.34. The smallest absolute Gasteiger partial charge is 0.179 e.